The van der Waals surface area contributed by atoms with Crippen molar-refractivity contribution in [2.45, 2.75) is 18.2 Å². The Morgan fingerprint density at radius 2 is 2.00 bits per heavy atom. The molecule has 1 aromatic rings. The summed E-state index contributed by atoms with van der Waals surface area (Å²) in [5, 5.41) is 0. The van der Waals surface area contributed by atoms with Crippen LogP contribution in [0.25, 0.3) is 0 Å². The van der Waals surface area contributed by atoms with Crippen LogP contribution in [0, 0.1) is 0 Å². The molecule has 2 rings (SSSR count). The third-order valence-corrected chi connectivity index (χ3v) is 6.12. The summed E-state index contributed by atoms with van der Waals surface area (Å²) >= 11 is 6.64. The van der Waals surface area contributed by atoms with Crippen LogP contribution in [0.1, 0.15) is 13.3 Å². The summed E-state index contributed by atoms with van der Waals surface area (Å²) in [7, 11) is -3.42. The number of rotatable bonds is 2. The second kappa shape index (κ2) is 5.45. The Morgan fingerprint density at radius 3 is 2.61 bits per heavy atom. The zero-order valence-electron chi connectivity index (χ0n) is 9.86. The van der Waals surface area contributed by atoms with Gasteiger partial charge in [-0.25, -0.2) is 8.42 Å². The molecule has 6 heteroatoms. The van der Waals surface area contributed by atoms with Crippen LogP contribution in [0.2, 0.25) is 0 Å². The van der Waals surface area contributed by atoms with Crippen molar-refractivity contribution in [3.05, 3.63) is 38.8 Å². The van der Waals surface area contributed by atoms with Crippen molar-refractivity contribution in [2.75, 3.05) is 13.1 Å². The smallest absolute Gasteiger partial charge is 0.207 e. The van der Waals surface area contributed by atoms with Crippen molar-refractivity contribution >= 4 is 41.9 Å². The Kier molecular flexibility index (Phi) is 4.31. The van der Waals surface area contributed by atoms with Crippen molar-refractivity contribution < 1.29 is 8.42 Å². The van der Waals surface area contributed by atoms with E-state index in [0.29, 0.717) is 22.5 Å². The SMILES string of the molecule is CC1=CCCN(S(=O)(=O)c2ccc(Br)cc2Br)C1. The van der Waals surface area contributed by atoms with Gasteiger partial charge in [0.15, 0.2) is 0 Å². The summed E-state index contributed by atoms with van der Waals surface area (Å²) < 4.78 is 28.0. The molecule has 0 atom stereocenters. The summed E-state index contributed by atoms with van der Waals surface area (Å²) in [6, 6.07) is 5.11. The maximum atomic E-state index is 12.5. The van der Waals surface area contributed by atoms with Crippen LogP contribution in [0.15, 0.2) is 43.7 Å². The van der Waals surface area contributed by atoms with Gasteiger partial charge in [0.1, 0.15) is 0 Å². The zero-order chi connectivity index (χ0) is 13.3. The van der Waals surface area contributed by atoms with Gasteiger partial charge in [-0.1, -0.05) is 27.6 Å². The summed E-state index contributed by atoms with van der Waals surface area (Å²) in [4.78, 5) is 0.320. The quantitative estimate of drug-likeness (QED) is 0.719. The molecule has 0 unspecified atom stereocenters. The highest BCUT2D eigenvalue weighted by molar-refractivity contribution is 9.11. The lowest BCUT2D eigenvalue weighted by Gasteiger charge is -2.25. The van der Waals surface area contributed by atoms with E-state index in [-0.39, 0.29) is 0 Å². The molecular weight excluding hydrogens is 382 g/mol. The summed E-state index contributed by atoms with van der Waals surface area (Å²) in [5.41, 5.74) is 1.10. The predicted molar refractivity (Wildman–Crippen MR) is 79.0 cm³/mol. The Hall–Kier alpha value is -0.170. The maximum Gasteiger partial charge on any atom is 0.244 e. The molecule has 1 aliphatic rings. The fourth-order valence-electron chi connectivity index (χ4n) is 1.91. The number of sulfonamides is 1. The molecule has 0 amide bonds. The molecule has 0 radical (unpaired) electrons. The van der Waals surface area contributed by atoms with Crippen LogP contribution < -0.4 is 0 Å². The van der Waals surface area contributed by atoms with Crippen LogP contribution in [0.5, 0.6) is 0 Å². The first-order valence-electron chi connectivity index (χ1n) is 5.52. The standard InChI is InChI=1S/C12H13Br2NO2S/c1-9-3-2-6-15(8-9)18(16,17)12-5-4-10(13)7-11(12)14/h3-5,7H,2,6,8H2,1H3. The first-order valence-corrected chi connectivity index (χ1v) is 8.55. The highest BCUT2D eigenvalue weighted by Crippen LogP contribution is 2.29. The second-order valence-corrected chi connectivity index (χ2v) is 7.93. The van der Waals surface area contributed by atoms with E-state index in [2.05, 4.69) is 37.9 Å². The first kappa shape index (κ1) is 14.2. The third-order valence-electron chi connectivity index (χ3n) is 2.81. The van der Waals surface area contributed by atoms with Crippen molar-refractivity contribution in [1.29, 1.82) is 0 Å². The lowest BCUT2D eigenvalue weighted by atomic mass is 10.2. The van der Waals surface area contributed by atoms with Crippen molar-refractivity contribution in [3.8, 4) is 0 Å². The molecule has 1 aromatic carbocycles. The largest absolute Gasteiger partial charge is 0.244 e. The van der Waals surface area contributed by atoms with E-state index >= 15 is 0 Å². The van der Waals surface area contributed by atoms with Gasteiger partial charge >= 0.3 is 0 Å². The average Bonchev–Trinajstić information content (AvgIpc) is 2.28. The normalized spacial score (nSPS) is 17.6. The highest BCUT2D eigenvalue weighted by Gasteiger charge is 2.27. The van der Waals surface area contributed by atoms with Gasteiger partial charge in [0.05, 0.1) is 4.90 Å². The molecule has 3 nitrogen and oxygen atoms in total. The van der Waals surface area contributed by atoms with Crippen molar-refractivity contribution in [3.63, 3.8) is 0 Å². The summed E-state index contributed by atoms with van der Waals surface area (Å²) in [6.45, 7) is 2.98. The Morgan fingerprint density at radius 1 is 1.28 bits per heavy atom. The molecule has 0 saturated heterocycles. The van der Waals surface area contributed by atoms with E-state index in [4.69, 9.17) is 0 Å². The fraction of sp³-hybridized carbons (Fsp3) is 0.333. The zero-order valence-corrected chi connectivity index (χ0v) is 13.8. The van der Waals surface area contributed by atoms with Crippen LogP contribution in [0.4, 0.5) is 0 Å². The predicted octanol–water partition coefficient (Wildman–Crippen LogP) is 3.55. The van der Waals surface area contributed by atoms with E-state index in [1.807, 2.05) is 6.92 Å². The van der Waals surface area contributed by atoms with Crippen LogP contribution >= 0.6 is 31.9 Å². The number of hydrogen-bond donors (Lipinski definition) is 0. The summed E-state index contributed by atoms with van der Waals surface area (Å²) in [6.07, 6.45) is 2.86. The van der Waals surface area contributed by atoms with E-state index in [1.165, 1.54) is 4.31 Å². The van der Waals surface area contributed by atoms with Crippen LogP contribution in [0.3, 0.4) is 0 Å². The lowest BCUT2D eigenvalue weighted by molar-refractivity contribution is 0.427. The molecule has 0 bridgehead atoms. The van der Waals surface area contributed by atoms with Gasteiger partial charge in [0.25, 0.3) is 0 Å². The molecule has 0 saturated carbocycles. The minimum absolute atomic E-state index is 0.320. The highest BCUT2D eigenvalue weighted by atomic mass is 79.9. The molecule has 0 N–H and O–H groups in total. The van der Waals surface area contributed by atoms with E-state index < -0.39 is 10.0 Å². The van der Waals surface area contributed by atoms with Gasteiger partial charge in [-0.15, -0.1) is 0 Å². The van der Waals surface area contributed by atoms with E-state index in [9.17, 15) is 8.42 Å². The van der Waals surface area contributed by atoms with Gasteiger partial charge < -0.3 is 0 Å². The van der Waals surface area contributed by atoms with Gasteiger partial charge in [0.2, 0.25) is 10.0 Å². The van der Waals surface area contributed by atoms with Gasteiger partial charge in [-0.2, -0.15) is 4.31 Å². The third kappa shape index (κ3) is 2.87. The Bertz CT molecular complexity index is 596. The molecule has 1 aliphatic heterocycles. The van der Waals surface area contributed by atoms with Crippen LogP contribution in [-0.4, -0.2) is 25.8 Å². The molecule has 18 heavy (non-hydrogen) atoms. The molecule has 0 spiro atoms. The topological polar surface area (TPSA) is 37.4 Å². The van der Waals surface area contributed by atoms with Crippen LogP contribution in [-0.2, 0) is 10.0 Å². The van der Waals surface area contributed by atoms with Gasteiger partial charge in [0, 0.05) is 22.0 Å². The van der Waals surface area contributed by atoms with Crippen molar-refractivity contribution in [1.82, 2.24) is 4.31 Å². The minimum atomic E-state index is -3.42. The monoisotopic (exact) mass is 393 g/mol. The second-order valence-electron chi connectivity index (χ2n) is 4.25. The first-order chi connectivity index (χ1) is 8.41. The number of hydrogen-bond acceptors (Lipinski definition) is 2. The molecule has 0 fully saturated rings. The minimum Gasteiger partial charge on any atom is -0.207 e. The Balaban J connectivity index is 2.39. The molecular formula is C12H13Br2NO2S. The molecule has 98 valence electrons. The number of benzene rings is 1. The molecule has 0 aliphatic carbocycles. The fourth-order valence-corrected chi connectivity index (χ4v) is 5.11. The Labute approximate surface area is 124 Å². The van der Waals surface area contributed by atoms with Gasteiger partial charge in [-0.05, 0) is 47.5 Å². The summed E-state index contributed by atoms with van der Waals surface area (Å²) in [5.74, 6) is 0. The van der Waals surface area contributed by atoms with E-state index in [1.54, 1.807) is 18.2 Å². The maximum absolute atomic E-state index is 12.5. The van der Waals surface area contributed by atoms with Crippen molar-refractivity contribution in [2.24, 2.45) is 0 Å². The number of nitrogens with zero attached hydrogens (tertiary/aromatic N) is 1. The average molecular weight is 395 g/mol. The van der Waals surface area contributed by atoms with Gasteiger partial charge in [-0.3, -0.25) is 0 Å². The lowest BCUT2D eigenvalue weighted by Crippen LogP contribution is -2.35. The van der Waals surface area contributed by atoms with E-state index in [0.717, 1.165) is 16.5 Å². The number of halogens is 2. The molecule has 0 aromatic heterocycles. The molecule has 1 heterocycles.